The molecule has 2 heterocycles. The maximum Gasteiger partial charge on any atom is 0.253 e. The van der Waals surface area contributed by atoms with Gasteiger partial charge in [-0.3, -0.25) is 4.79 Å². The van der Waals surface area contributed by atoms with Crippen LogP contribution >= 0.6 is 0 Å². The first-order chi connectivity index (χ1) is 10.2. The first-order valence-electron chi connectivity index (χ1n) is 8.08. The molecule has 0 aromatic rings. The van der Waals surface area contributed by atoms with E-state index in [2.05, 4.69) is 5.32 Å². The molecule has 6 heteroatoms. The highest BCUT2D eigenvalue weighted by Crippen LogP contribution is 2.50. The van der Waals surface area contributed by atoms with E-state index in [0.717, 1.165) is 25.8 Å². The first kappa shape index (κ1) is 15.2. The number of morpholine rings is 1. The molecule has 1 aliphatic carbocycles. The van der Waals surface area contributed by atoms with Crippen molar-refractivity contribution in [3.63, 3.8) is 0 Å². The zero-order valence-corrected chi connectivity index (χ0v) is 12.7. The van der Waals surface area contributed by atoms with E-state index >= 15 is 0 Å². The largest absolute Gasteiger partial charge is 0.392 e. The normalized spacial score (nSPS) is 35.5. The van der Waals surface area contributed by atoms with Gasteiger partial charge in [-0.1, -0.05) is 0 Å². The standard InChI is InChI=1S/C15H26N2O4/c1-2-20-13-9-12(18)15(13)3-6-17(7-4-15)14(19)11-10-16-5-8-21-11/h11-13,16,18H,2-10H2,1H3/t11-,12-,13+/m0/s1. The maximum absolute atomic E-state index is 12.4. The van der Waals surface area contributed by atoms with Crippen molar-refractivity contribution in [1.29, 1.82) is 0 Å². The highest BCUT2D eigenvalue weighted by molar-refractivity contribution is 5.81. The molecule has 2 N–H and O–H groups in total. The van der Waals surface area contributed by atoms with Gasteiger partial charge >= 0.3 is 0 Å². The zero-order chi connectivity index (χ0) is 14.9. The third kappa shape index (κ3) is 2.70. The molecule has 3 rings (SSSR count). The molecule has 0 bridgehead atoms. The molecular formula is C15H26N2O4. The van der Waals surface area contributed by atoms with Gasteiger partial charge in [0.2, 0.25) is 0 Å². The monoisotopic (exact) mass is 298 g/mol. The molecule has 1 spiro atoms. The molecule has 0 radical (unpaired) electrons. The van der Waals surface area contributed by atoms with Crippen molar-refractivity contribution in [1.82, 2.24) is 10.2 Å². The lowest BCUT2D eigenvalue weighted by Crippen LogP contribution is -2.63. The van der Waals surface area contributed by atoms with Crippen LogP contribution in [0.1, 0.15) is 26.2 Å². The van der Waals surface area contributed by atoms with Gasteiger partial charge in [-0.25, -0.2) is 0 Å². The molecule has 0 aromatic carbocycles. The van der Waals surface area contributed by atoms with E-state index in [1.54, 1.807) is 0 Å². The van der Waals surface area contributed by atoms with E-state index in [9.17, 15) is 9.90 Å². The van der Waals surface area contributed by atoms with Crippen molar-refractivity contribution in [2.45, 2.75) is 44.5 Å². The Morgan fingerprint density at radius 3 is 2.81 bits per heavy atom. The summed E-state index contributed by atoms with van der Waals surface area (Å²) in [5, 5.41) is 13.4. The fourth-order valence-electron chi connectivity index (χ4n) is 3.89. The first-order valence-corrected chi connectivity index (χ1v) is 8.08. The quantitative estimate of drug-likeness (QED) is 0.752. The fourth-order valence-corrected chi connectivity index (χ4v) is 3.89. The SMILES string of the molecule is CCO[C@@H]1C[C@H](O)C12CCN(C(=O)[C@@H]1CNCCO1)CC2. The molecule has 2 saturated heterocycles. The number of aliphatic hydroxyl groups is 1. The summed E-state index contributed by atoms with van der Waals surface area (Å²) in [5.74, 6) is 0.0822. The van der Waals surface area contributed by atoms with Gasteiger partial charge in [0.1, 0.15) is 6.10 Å². The molecule has 2 aliphatic heterocycles. The zero-order valence-electron chi connectivity index (χ0n) is 12.7. The summed E-state index contributed by atoms with van der Waals surface area (Å²) in [6.45, 7) is 6.07. The Bertz CT molecular complexity index is 374. The van der Waals surface area contributed by atoms with E-state index in [1.165, 1.54) is 0 Å². The Morgan fingerprint density at radius 2 is 2.24 bits per heavy atom. The van der Waals surface area contributed by atoms with Gasteiger partial charge in [-0.05, 0) is 19.8 Å². The summed E-state index contributed by atoms with van der Waals surface area (Å²) >= 11 is 0. The number of rotatable bonds is 3. The van der Waals surface area contributed by atoms with Crippen LogP contribution in [0.25, 0.3) is 0 Å². The highest BCUT2D eigenvalue weighted by atomic mass is 16.5. The summed E-state index contributed by atoms with van der Waals surface area (Å²) in [6.07, 6.45) is 1.91. The summed E-state index contributed by atoms with van der Waals surface area (Å²) < 4.78 is 11.3. The van der Waals surface area contributed by atoms with Crippen LogP contribution in [0.3, 0.4) is 0 Å². The molecule has 1 saturated carbocycles. The van der Waals surface area contributed by atoms with Crippen LogP contribution in [0, 0.1) is 5.41 Å². The number of hydrogen-bond acceptors (Lipinski definition) is 5. The van der Waals surface area contributed by atoms with Crippen LogP contribution in [-0.4, -0.2) is 73.6 Å². The van der Waals surface area contributed by atoms with Crippen molar-refractivity contribution in [2.24, 2.45) is 5.41 Å². The Kier molecular flexibility index (Phi) is 4.49. The van der Waals surface area contributed by atoms with Crippen LogP contribution < -0.4 is 5.32 Å². The summed E-state index contributed by atoms with van der Waals surface area (Å²) in [7, 11) is 0. The minimum Gasteiger partial charge on any atom is -0.392 e. The number of piperidine rings is 1. The van der Waals surface area contributed by atoms with Crippen LogP contribution in [0.15, 0.2) is 0 Å². The molecule has 3 aliphatic rings. The average molecular weight is 298 g/mol. The van der Waals surface area contributed by atoms with Crippen molar-refractivity contribution < 1.29 is 19.4 Å². The van der Waals surface area contributed by atoms with Crippen molar-refractivity contribution >= 4 is 5.91 Å². The second-order valence-corrected chi connectivity index (χ2v) is 6.32. The van der Waals surface area contributed by atoms with Crippen LogP contribution in [0.4, 0.5) is 0 Å². The fraction of sp³-hybridized carbons (Fsp3) is 0.933. The molecule has 3 fully saturated rings. The Balaban J connectivity index is 1.56. The van der Waals surface area contributed by atoms with Crippen LogP contribution in [0.2, 0.25) is 0 Å². The lowest BCUT2D eigenvalue weighted by molar-refractivity contribution is -0.211. The van der Waals surface area contributed by atoms with Gasteiger partial charge < -0.3 is 24.8 Å². The molecular weight excluding hydrogens is 272 g/mol. The predicted molar refractivity (Wildman–Crippen MR) is 76.9 cm³/mol. The second-order valence-electron chi connectivity index (χ2n) is 6.32. The summed E-state index contributed by atoms with van der Waals surface area (Å²) in [4.78, 5) is 14.3. The number of amides is 1. The minimum absolute atomic E-state index is 0.0822. The number of likely N-dealkylation sites (tertiary alicyclic amines) is 1. The number of hydrogen-bond donors (Lipinski definition) is 2. The smallest absolute Gasteiger partial charge is 0.253 e. The topological polar surface area (TPSA) is 71.0 Å². The summed E-state index contributed by atoms with van der Waals surface area (Å²) in [5.41, 5.74) is -0.127. The van der Waals surface area contributed by atoms with Crippen molar-refractivity contribution in [3.8, 4) is 0 Å². The Hall–Kier alpha value is -0.690. The van der Waals surface area contributed by atoms with E-state index in [4.69, 9.17) is 9.47 Å². The number of nitrogens with one attached hydrogen (secondary N) is 1. The Morgan fingerprint density at radius 1 is 1.48 bits per heavy atom. The lowest BCUT2D eigenvalue weighted by Gasteiger charge is -2.56. The average Bonchev–Trinajstić information content (AvgIpc) is 2.55. The molecule has 0 unspecified atom stereocenters. The number of carbonyl (C=O) groups excluding carboxylic acids is 1. The maximum atomic E-state index is 12.4. The lowest BCUT2D eigenvalue weighted by atomic mass is 9.58. The summed E-state index contributed by atoms with van der Waals surface area (Å²) in [6, 6.07) is 0. The highest BCUT2D eigenvalue weighted by Gasteiger charge is 2.56. The van der Waals surface area contributed by atoms with E-state index in [-0.39, 0.29) is 29.6 Å². The Labute approximate surface area is 125 Å². The van der Waals surface area contributed by atoms with Gasteiger partial charge in [0, 0.05) is 44.6 Å². The van der Waals surface area contributed by atoms with Gasteiger partial charge in [-0.15, -0.1) is 0 Å². The second kappa shape index (κ2) is 6.20. The van der Waals surface area contributed by atoms with E-state index in [0.29, 0.717) is 32.8 Å². The van der Waals surface area contributed by atoms with Gasteiger partial charge in [0.15, 0.2) is 0 Å². The van der Waals surface area contributed by atoms with Crippen LogP contribution in [0.5, 0.6) is 0 Å². The molecule has 6 nitrogen and oxygen atoms in total. The van der Waals surface area contributed by atoms with Gasteiger partial charge in [0.25, 0.3) is 5.91 Å². The van der Waals surface area contributed by atoms with Crippen molar-refractivity contribution in [3.05, 3.63) is 0 Å². The third-order valence-corrected chi connectivity index (χ3v) is 5.32. The van der Waals surface area contributed by atoms with E-state index in [1.807, 2.05) is 11.8 Å². The van der Waals surface area contributed by atoms with E-state index < -0.39 is 0 Å². The molecule has 120 valence electrons. The molecule has 3 atom stereocenters. The predicted octanol–water partition coefficient (Wildman–Crippen LogP) is -0.247. The number of ether oxygens (including phenoxy) is 2. The number of nitrogens with zero attached hydrogens (tertiary/aromatic N) is 1. The molecule has 1 amide bonds. The van der Waals surface area contributed by atoms with Gasteiger partial charge in [0.05, 0.1) is 18.8 Å². The molecule has 0 aromatic heterocycles. The third-order valence-electron chi connectivity index (χ3n) is 5.32. The molecule has 21 heavy (non-hydrogen) atoms. The van der Waals surface area contributed by atoms with Crippen LogP contribution in [-0.2, 0) is 14.3 Å². The van der Waals surface area contributed by atoms with Gasteiger partial charge in [-0.2, -0.15) is 0 Å². The minimum atomic E-state index is -0.346. The van der Waals surface area contributed by atoms with Crippen molar-refractivity contribution in [2.75, 3.05) is 39.4 Å². The number of aliphatic hydroxyl groups excluding tert-OH is 1. The number of carbonyl (C=O) groups is 1.